The van der Waals surface area contributed by atoms with Gasteiger partial charge in [-0.2, -0.15) is 0 Å². The molecule has 0 unspecified atom stereocenters. The summed E-state index contributed by atoms with van der Waals surface area (Å²) in [4.78, 5) is 51.7. The van der Waals surface area contributed by atoms with Gasteiger partial charge in [-0.25, -0.2) is 9.59 Å². The zero-order chi connectivity index (χ0) is 29.6. The molecular weight excluding hydrogens is 609 g/mol. The summed E-state index contributed by atoms with van der Waals surface area (Å²) in [5.74, 6) is -2.33. The van der Waals surface area contributed by atoms with Crippen LogP contribution in [0.5, 0.6) is 0 Å². The quantitative estimate of drug-likeness (QED) is 0.152. The lowest BCUT2D eigenvalue weighted by Gasteiger charge is -2.55. The molecule has 1 aliphatic carbocycles. The lowest BCUT2D eigenvalue weighted by Crippen LogP contribution is -3.00. The maximum Gasteiger partial charge on any atom is 0.361 e. The molecule has 4 saturated heterocycles. The van der Waals surface area contributed by atoms with Crippen molar-refractivity contribution in [1.82, 2.24) is 4.90 Å². The number of carboxylic acid groups (broad SMARTS) is 1. The molecule has 8 rings (SSSR count). The number of carboxylic acids is 1. The first kappa shape index (κ1) is 32.1. The molecular formula is C32H35Cl2N3O7. The molecule has 5 aliphatic heterocycles. The SMILES string of the molecule is COC(=O)C[N+]12CC[N+](Cc3ccc4c(c3)C(=O)c3ccc(C5=C(C(=O)O)N6C(=O)[C@H]([C@@H](C)O)[C@H]6C5)cc3-4)(CC1)CC2.[Cl-].[Cl-]. The van der Waals surface area contributed by atoms with Crippen molar-refractivity contribution in [3.8, 4) is 11.1 Å². The number of amides is 1. The highest BCUT2D eigenvalue weighted by Gasteiger charge is 2.57. The van der Waals surface area contributed by atoms with Gasteiger partial charge < -0.3 is 53.6 Å². The van der Waals surface area contributed by atoms with Crippen molar-refractivity contribution in [1.29, 1.82) is 0 Å². The molecule has 0 aromatic heterocycles. The third-order valence-corrected chi connectivity index (χ3v) is 10.5. The van der Waals surface area contributed by atoms with E-state index in [1.54, 1.807) is 19.1 Å². The van der Waals surface area contributed by atoms with E-state index in [1.165, 1.54) is 12.0 Å². The average molecular weight is 645 g/mol. The van der Waals surface area contributed by atoms with Crippen LogP contribution in [0.4, 0.5) is 0 Å². The second kappa shape index (κ2) is 11.3. The first-order chi connectivity index (χ1) is 20.1. The van der Waals surface area contributed by atoms with Crippen LogP contribution >= 0.6 is 0 Å². The number of ether oxygens (including phenoxy) is 1. The first-order valence-electron chi connectivity index (χ1n) is 14.6. The van der Waals surface area contributed by atoms with E-state index in [2.05, 4.69) is 6.07 Å². The monoisotopic (exact) mass is 643 g/mol. The third-order valence-electron chi connectivity index (χ3n) is 10.5. The van der Waals surface area contributed by atoms with Gasteiger partial charge in [0, 0.05) is 16.7 Å². The maximum atomic E-state index is 13.5. The van der Waals surface area contributed by atoms with Gasteiger partial charge in [0.05, 0.1) is 25.2 Å². The Balaban J connectivity index is 0.00000192. The minimum absolute atomic E-state index is 0. The van der Waals surface area contributed by atoms with Crippen molar-refractivity contribution in [2.24, 2.45) is 5.92 Å². The van der Waals surface area contributed by atoms with Crippen molar-refractivity contribution >= 4 is 29.2 Å². The standard InChI is InChI=1S/C32H34N3O7.2ClH/c1-18(36)28-26-15-23(29(32(40)41)33(26)31(28)39)20-4-6-22-24(14-20)21-5-3-19(13-25(21)30(22)38)16-34-7-10-35(11-8-34,12-9-34)17-27(37)42-2;;/h3-6,13-14,18,26,28,36H,7-12,15-17H2,1-2H3;2*1H/q+1;;/p-1/t18-,26-,28-,34?,35?;;/m1../s1. The van der Waals surface area contributed by atoms with Gasteiger partial charge in [-0.1, -0.05) is 18.2 Å². The number of benzene rings is 2. The molecule has 0 spiro atoms. The molecule has 44 heavy (non-hydrogen) atoms. The fraction of sp³-hybridized carbons (Fsp3) is 0.438. The van der Waals surface area contributed by atoms with Crippen molar-refractivity contribution < 1.29 is 67.9 Å². The van der Waals surface area contributed by atoms with Crippen LogP contribution in [0, 0.1) is 5.92 Å². The van der Waals surface area contributed by atoms with Gasteiger partial charge >= 0.3 is 11.9 Å². The number of carbonyl (C=O) groups excluding carboxylic acids is 3. The predicted octanol–water partition coefficient (Wildman–Crippen LogP) is -4.35. The molecule has 6 aliphatic rings. The number of quaternary nitrogens is 2. The van der Waals surface area contributed by atoms with Crippen LogP contribution in [0.25, 0.3) is 16.7 Å². The number of carbonyl (C=O) groups is 4. The van der Waals surface area contributed by atoms with Crippen molar-refractivity contribution in [2.75, 3.05) is 52.9 Å². The molecule has 3 atom stereocenters. The smallest absolute Gasteiger partial charge is 0.361 e. The van der Waals surface area contributed by atoms with E-state index in [0.717, 1.165) is 71.5 Å². The minimum Gasteiger partial charge on any atom is -1.00 e. The summed E-state index contributed by atoms with van der Waals surface area (Å²) in [5.41, 5.74) is 5.18. The van der Waals surface area contributed by atoms with Gasteiger partial charge in [0.1, 0.15) is 51.5 Å². The molecule has 5 heterocycles. The molecule has 234 valence electrons. The summed E-state index contributed by atoms with van der Waals surface area (Å²) in [6.45, 7) is 8.64. The van der Waals surface area contributed by atoms with E-state index in [9.17, 15) is 29.4 Å². The molecule has 2 aromatic rings. The van der Waals surface area contributed by atoms with Crippen LogP contribution in [-0.2, 0) is 25.7 Å². The number of ketones is 1. The first-order valence-corrected chi connectivity index (χ1v) is 14.6. The number of aliphatic carboxylic acids is 1. The molecule has 0 saturated carbocycles. The Labute approximate surface area is 267 Å². The van der Waals surface area contributed by atoms with Gasteiger partial charge in [-0.3, -0.25) is 9.59 Å². The Bertz CT molecular complexity index is 1600. The maximum absolute atomic E-state index is 13.5. The Morgan fingerprint density at radius 2 is 1.57 bits per heavy atom. The number of aliphatic hydroxyl groups is 1. The van der Waals surface area contributed by atoms with Gasteiger partial charge in [0.25, 0.3) is 0 Å². The number of hydrogen-bond acceptors (Lipinski definition) is 6. The summed E-state index contributed by atoms with van der Waals surface area (Å²) in [5, 5.41) is 20.1. The van der Waals surface area contributed by atoms with E-state index in [1.807, 2.05) is 18.2 Å². The topological polar surface area (TPSA) is 121 Å². The summed E-state index contributed by atoms with van der Waals surface area (Å²) in [6, 6.07) is 11.1. The largest absolute Gasteiger partial charge is 1.00 e. The lowest BCUT2D eigenvalue weighted by atomic mass is 9.82. The van der Waals surface area contributed by atoms with E-state index >= 15 is 0 Å². The highest BCUT2D eigenvalue weighted by molar-refractivity contribution is 6.22. The number of hydrogen-bond donors (Lipinski definition) is 2. The molecule has 1 amide bonds. The molecule has 2 bridgehead atoms. The van der Waals surface area contributed by atoms with E-state index in [-0.39, 0.29) is 54.2 Å². The Morgan fingerprint density at radius 3 is 2.18 bits per heavy atom. The predicted molar refractivity (Wildman–Crippen MR) is 151 cm³/mol. The van der Waals surface area contributed by atoms with Crippen LogP contribution in [0.3, 0.4) is 0 Å². The van der Waals surface area contributed by atoms with Crippen molar-refractivity contribution in [3.63, 3.8) is 0 Å². The van der Waals surface area contributed by atoms with E-state index in [4.69, 9.17) is 4.74 Å². The second-order valence-corrected chi connectivity index (χ2v) is 12.8. The minimum atomic E-state index is -1.17. The zero-order valence-corrected chi connectivity index (χ0v) is 26.1. The third kappa shape index (κ3) is 4.75. The Hall–Kier alpha value is -3.28. The van der Waals surface area contributed by atoms with Crippen molar-refractivity contribution in [3.05, 3.63) is 64.3 Å². The normalized spacial score (nSPS) is 28.3. The molecule has 0 radical (unpaired) electrons. The number of halogens is 2. The van der Waals surface area contributed by atoms with Crippen LogP contribution in [0.2, 0.25) is 0 Å². The average Bonchev–Trinajstić information content (AvgIpc) is 3.46. The number of nitrogens with zero attached hydrogens (tertiary/aromatic N) is 3. The summed E-state index contributed by atoms with van der Waals surface area (Å²) < 4.78 is 6.70. The van der Waals surface area contributed by atoms with Crippen LogP contribution in [-0.4, -0.2) is 113 Å². The molecule has 4 fully saturated rings. The number of rotatable bonds is 7. The number of methoxy groups -OCH3 is 1. The van der Waals surface area contributed by atoms with Gasteiger partial charge in [-0.05, 0) is 53.8 Å². The number of aliphatic hydroxyl groups excluding tert-OH is 1. The van der Waals surface area contributed by atoms with Crippen LogP contribution < -0.4 is 24.8 Å². The van der Waals surface area contributed by atoms with E-state index < -0.39 is 18.0 Å². The van der Waals surface area contributed by atoms with Crippen LogP contribution in [0.1, 0.15) is 40.4 Å². The van der Waals surface area contributed by atoms with Gasteiger partial charge in [0.2, 0.25) is 5.91 Å². The summed E-state index contributed by atoms with van der Waals surface area (Å²) in [7, 11) is 1.44. The number of esters is 1. The molecule has 10 nitrogen and oxygen atoms in total. The zero-order valence-electron chi connectivity index (χ0n) is 24.6. The van der Waals surface area contributed by atoms with E-state index in [0.29, 0.717) is 35.2 Å². The Morgan fingerprint density at radius 1 is 0.932 bits per heavy atom. The van der Waals surface area contributed by atoms with Gasteiger partial charge in [-0.15, -0.1) is 0 Å². The fourth-order valence-electron chi connectivity index (χ4n) is 8.08. The lowest BCUT2D eigenvalue weighted by molar-refractivity contribution is -1.08. The number of piperazine rings is 3. The Kier molecular flexibility index (Phi) is 8.22. The number of β-lactam (4-membered cyclic amide) rings is 1. The van der Waals surface area contributed by atoms with Gasteiger partial charge in [0.15, 0.2) is 12.3 Å². The molecule has 2 N–H and O–H groups in total. The fourth-order valence-corrected chi connectivity index (χ4v) is 8.08. The second-order valence-electron chi connectivity index (χ2n) is 12.8. The highest BCUT2D eigenvalue weighted by Crippen LogP contribution is 2.48. The number of fused-ring (bicyclic) bond motifs is 7. The van der Waals surface area contributed by atoms with Crippen LogP contribution in [0.15, 0.2) is 42.1 Å². The van der Waals surface area contributed by atoms with Crippen molar-refractivity contribution in [2.45, 2.75) is 32.0 Å². The summed E-state index contributed by atoms with van der Waals surface area (Å²) in [6.07, 6.45) is -0.505. The molecule has 2 aromatic carbocycles. The summed E-state index contributed by atoms with van der Waals surface area (Å²) >= 11 is 0. The highest BCUT2D eigenvalue weighted by atomic mass is 35.5. The molecule has 12 heteroatoms.